The van der Waals surface area contributed by atoms with E-state index in [1.165, 1.54) is 45.3 Å². The van der Waals surface area contributed by atoms with Gasteiger partial charge < -0.3 is 20.3 Å². The predicted molar refractivity (Wildman–Crippen MR) is 101 cm³/mol. The number of aliphatic imine (C=N–C) groups is 1. The number of guanidine groups is 1. The molecule has 0 aliphatic carbocycles. The molecule has 2 aliphatic heterocycles. The standard InChI is InChI=1S/C18H37N5O/c1-4-19-18(20-13-16-7-5-9-22(2)14-16)21-17-8-6-10-23(15-17)11-12-24-3/h16-17H,4-15H2,1-3H3,(H2,19,20,21)/t16-,17-/m0/s1. The summed E-state index contributed by atoms with van der Waals surface area (Å²) in [6.07, 6.45) is 5.08. The van der Waals surface area contributed by atoms with Gasteiger partial charge >= 0.3 is 0 Å². The van der Waals surface area contributed by atoms with Gasteiger partial charge in [0.1, 0.15) is 0 Å². The van der Waals surface area contributed by atoms with Crippen molar-refractivity contribution in [2.75, 3.05) is 66.6 Å². The molecule has 6 nitrogen and oxygen atoms in total. The van der Waals surface area contributed by atoms with Crippen LogP contribution in [0.3, 0.4) is 0 Å². The van der Waals surface area contributed by atoms with E-state index in [-0.39, 0.29) is 0 Å². The maximum atomic E-state index is 5.21. The fourth-order valence-corrected chi connectivity index (χ4v) is 3.75. The van der Waals surface area contributed by atoms with Crippen LogP contribution in [0.5, 0.6) is 0 Å². The molecule has 0 aromatic rings. The van der Waals surface area contributed by atoms with E-state index in [1.807, 2.05) is 0 Å². The number of nitrogens with one attached hydrogen (secondary N) is 2. The topological polar surface area (TPSA) is 52.1 Å². The van der Waals surface area contributed by atoms with E-state index >= 15 is 0 Å². The Balaban J connectivity index is 1.81. The third-order valence-corrected chi connectivity index (χ3v) is 5.03. The van der Waals surface area contributed by atoms with Crippen LogP contribution in [-0.4, -0.2) is 88.4 Å². The molecule has 2 fully saturated rings. The summed E-state index contributed by atoms with van der Waals surface area (Å²) in [5, 5.41) is 7.08. The van der Waals surface area contributed by atoms with Gasteiger partial charge in [-0.3, -0.25) is 9.89 Å². The van der Waals surface area contributed by atoms with Crippen LogP contribution in [0, 0.1) is 5.92 Å². The van der Waals surface area contributed by atoms with Crippen molar-refractivity contribution in [1.29, 1.82) is 0 Å². The van der Waals surface area contributed by atoms with Crippen molar-refractivity contribution in [3.05, 3.63) is 0 Å². The largest absolute Gasteiger partial charge is 0.383 e. The van der Waals surface area contributed by atoms with Crippen molar-refractivity contribution in [3.63, 3.8) is 0 Å². The molecular weight excluding hydrogens is 302 g/mol. The second-order valence-electron chi connectivity index (χ2n) is 7.27. The molecule has 2 saturated heterocycles. The number of piperidine rings is 2. The lowest BCUT2D eigenvalue weighted by atomic mass is 9.99. The van der Waals surface area contributed by atoms with Crippen LogP contribution >= 0.6 is 0 Å². The van der Waals surface area contributed by atoms with Crippen LogP contribution < -0.4 is 10.6 Å². The third-order valence-electron chi connectivity index (χ3n) is 5.03. The monoisotopic (exact) mass is 339 g/mol. The van der Waals surface area contributed by atoms with Crippen molar-refractivity contribution in [2.45, 2.75) is 38.6 Å². The number of nitrogens with zero attached hydrogens (tertiary/aromatic N) is 3. The van der Waals surface area contributed by atoms with Crippen molar-refractivity contribution >= 4 is 5.96 Å². The molecule has 2 aliphatic rings. The highest BCUT2D eigenvalue weighted by Crippen LogP contribution is 2.15. The number of methoxy groups -OCH3 is 1. The van der Waals surface area contributed by atoms with Gasteiger partial charge in [0.05, 0.1) is 6.61 Å². The van der Waals surface area contributed by atoms with Gasteiger partial charge in [0, 0.05) is 45.9 Å². The summed E-state index contributed by atoms with van der Waals surface area (Å²) in [5.74, 6) is 1.69. The van der Waals surface area contributed by atoms with Gasteiger partial charge in [0.25, 0.3) is 0 Å². The Kier molecular flexibility index (Phi) is 8.84. The Morgan fingerprint density at radius 3 is 2.79 bits per heavy atom. The number of ether oxygens (including phenoxy) is 1. The lowest BCUT2D eigenvalue weighted by molar-refractivity contribution is 0.126. The summed E-state index contributed by atoms with van der Waals surface area (Å²) in [5.41, 5.74) is 0. The van der Waals surface area contributed by atoms with Gasteiger partial charge in [0.2, 0.25) is 0 Å². The molecule has 2 heterocycles. The highest BCUT2D eigenvalue weighted by atomic mass is 16.5. The highest BCUT2D eigenvalue weighted by Gasteiger charge is 2.21. The maximum Gasteiger partial charge on any atom is 0.191 e. The zero-order valence-electron chi connectivity index (χ0n) is 15.9. The number of hydrogen-bond donors (Lipinski definition) is 2. The molecule has 6 heteroatoms. The summed E-state index contributed by atoms with van der Waals surface area (Å²) in [4.78, 5) is 9.80. The molecule has 2 N–H and O–H groups in total. The summed E-state index contributed by atoms with van der Waals surface area (Å²) >= 11 is 0. The normalized spacial score (nSPS) is 27.2. The fraction of sp³-hybridized carbons (Fsp3) is 0.944. The smallest absolute Gasteiger partial charge is 0.191 e. The van der Waals surface area contributed by atoms with Gasteiger partial charge in [-0.05, 0) is 58.7 Å². The van der Waals surface area contributed by atoms with E-state index in [9.17, 15) is 0 Å². The molecule has 0 saturated carbocycles. The molecule has 0 aromatic carbocycles. The number of hydrogen-bond acceptors (Lipinski definition) is 4. The van der Waals surface area contributed by atoms with E-state index in [1.54, 1.807) is 7.11 Å². The minimum Gasteiger partial charge on any atom is -0.383 e. The first-order valence-corrected chi connectivity index (χ1v) is 9.66. The zero-order valence-corrected chi connectivity index (χ0v) is 15.9. The van der Waals surface area contributed by atoms with E-state index < -0.39 is 0 Å². The SMILES string of the molecule is CCNC(=NC[C@@H]1CCCN(C)C1)N[C@H]1CCCN(CCOC)C1. The number of likely N-dealkylation sites (tertiary alicyclic amines) is 2. The average Bonchev–Trinajstić information content (AvgIpc) is 2.58. The second-order valence-corrected chi connectivity index (χ2v) is 7.27. The van der Waals surface area contributed by atoms with Gasteiger partial charge in [-0.1, -0.05) is 0 Å². The molecule has 24 heavy (non-hydrogen) atoms. The Bertz CT molecular complexity index is 376. The van der Waals surface area contributed by atoms with Gasteiger partial charge in [-0.25, -0.2) is 0 Å². The Labute approximate surface area is 148 Å². The van der Waals surface area contributed by atoms with Gasteiger partial charge in [-0.2, -0.15) is 0 Å². The highest BCUT2D eigenvalue weighted by molar-refractivity contribution is 5.80. The van der Waals surface area contributed by atoms with E-state index in [0.29, 0.717) is 12.0 Å². The molecule has 0 amide bonds. The maximum absolute atomic E-state index is 5.21. The van der Waals surface area contributed by atoms with Crippen LogP contribution in [0.4, 0.5) is 0 Å². The molecule has 0 spiro atoms. The van der Waals surface area contributed by atoms with Crippen LogP contribution in [-0.2, 0) is 4.74 Å². The molecule has 2 rings (SSSR count). The summed E-state index contributed by atoms with van der Waals surface area (Å²) < 4.78 is 5.21. The lowest BCUT2D eigenvalue weighted by Crippen LogP contribution is -2.51. The first-order chi connectivity index (χ1) is 11.7. The average molecular weight is 340 g/mol. The van der Waals surface area contributed by atoms with Gasteiger partial charge in [0.15, 0.2) is 5.96 Å². The van der Waals surface area contributed by atoms with Crippen LogP contribution in [0.2, 0.25) is 0 Å². The fourth-order valence-electron chi connectivity index (χ4n) is 3.75. The van der Waals surface area contributed by atoms with Crippen molar-refractivity contribution in [1.82, 2.24) is 20.4 Å². The Morgan fingerprint density at radius 2 is 2.04 bits per heavy atom. The minimum absolute atomic E-state index is 0.488. The molecule has 140 valence electrons. The Hall–Kier alpha value is -0.850. The predicted octanol–water partition coefficient (Wildman–Crippen LogP) is 0.994. The molecule has 0 bridgehead atoms. The van der Waals surface area contributed by atoms with Crippen LogP contribution in [0.1, 0.15) is 32.6 Å². The molecule has 2 atom stereocenters. The first-order valence-electron chi connectivity index (χ1n) is 9.66. The van der Waals surface area contributed by atoms with E-state index in [2.05, 4.69) is 34.4 Å². The number of rotatable bonds is 7. The molecular formula is C18H37N5O. The van der Waals surface area contributed by atoms with E-state index in [0.717, 1.165) is 38.7 Å². The van der Waals surface area contributed by atoms with Crippen molar-refractivity contribution < 1.29 is 4.74 Å². The zero-order chi connectivity index (χ0) is 17.2. The summed E-state index contributed by atoms with van der Waals surface area (Å²) in [7, 11) is 3.99. The van der Waals surface area contributed by atoms with Crippen LogP contribution in [0.25, 0.3) is 0 Å². The van der Waals surface area contributed by atoms with Gasteiger partial charge in [-0.15, -0.1) is 0 Å². The molecule has 0 radical (unpaired) electrons. The molecule has 0 aromatic heterocycles. The Morgan fingerprint density at radius 1 is 1.21 bits per heavy atom. The van der Waals surface area contributed by atoms with Crippen molar-refractivity contribution in [2.24, 2.45) is 10.9 Å². The summed E-state index contributed by atoms with van der Waals surface area (Å²) in [6.45, 7) is 10.5. The second kappa shape index (κ2) is 10.9. The van der Waals surface area contributed by atoms with Crippen LogP contribution in [0.15, 0.2) is 4.99 Å². The summed E-state index contributed by atoms with van der Waals surface area (Å²) in [6, 6.07) is 0.488. The quantitative estimate of drug-likeness (QED) is 0.535. The third kappa shape index (κ3) is 6.95. The first kappa shape index (κ1) is 19.5. The molecule has 0 unspecified atom stereocenters. The minimum atomic E-state index is 0.488. The lowest BCUT2D eigenvalue weighted by Gasteiger charge is -2.34. The van der Waals surface area contributed by atoms with E-state index in [4.69, 9.17) is 9.73 Å². The van der Waals surface area contributed by atoms with Crippen molar-refractivity contribution in [3.8, 4) is 0 Å².